The molecule has 2 aliphatic rings. The van der Waals surface area contributed by atoms with Crippen molar-refractivity contribution in [2.45, 2.75) is 25.3 Å². The number of benzene rings is 1. The van der Waals surface area contributed by atoms with Gasteiger partial charge in [0.15, 0.2) is 0 Å². The molecule has 4 unspecified atom stereocenters. The molecular weight excluding hydrogens is 306 g/mol. The van der Waals surface area contributed by atoms with Crippen molar-refractivity contribution in [2.75, 3.05) is 5.32 Å². The first-order chi connectivity index (χ1) is 9.72. The molecule has 2 saturated carbocycles. The molecule has 2 bridgehead atoms. The largest absolute Gasteiger partial charge is 0.327 e. The van der Waals surface area contributed by atoms with E-state index in [1.165, 1.54) is 6.42 Å². The smallest absolute Gasteiger partial charge is 0.229 e. The van der Waals surface area contributed by atoms with Crippen molar-refractivity contribution in [1.82, 2.24) is 4.98 Å². The fraction of sp³-hybridized carbons (Fsp3) is 0.467. The molecule has 4 nitrogen and oxygen atoms in total. The summed E-state index contributed by atoms with van der Waals surface area (Å²) >= 11 is 1.59. The molecule has 0 radical (unpaired) electrons. The van der Waals surface area contributed by atoms with Crippen LogP contribution in [0.15, 0.2) is 23.7 Å². The lowest BCUT2D eigenvalue weighted by molar-refractivity contribution is -0.121. The number of halogens is 1. The van der Waals surface area contributed by atoms with E-state index < -0.39 is 0 Å². The summed E-state index contributed by atoms with van der Waals surface area (Å²) in [7, 11) is 0. The Morgan fingerprint density at radius 2 is 2.14 bits per heavy atom. The van der Waals surface area contributed by atoms with Gasteiger partial charge in [-0.15, -0.1) is 23.7 Å². The topological polar surface area (TPSA) is 68.0 Å². The number of hydrogen-bond acceptors (Lipinski definition) is 4. The van der Waals surface area contributed by atoms with Crippen molar-refractivity contribution in [3.63, 3.8) is 0 Å². The maximum Gasteiger partial charge on any atom is 0.229 e. The number of hydrogen-bond donors (Lipinski definition) is 2. The summed E-state index contributed by atoms with van der Waals surface area (Å²) in [6.45, 7) is 0. The maximum atomic E-state index is 12.5. The van der Waals surface area contributed by atoms with Gasteiger partial charge < -0.3 is 11.1 Å². The molecule has 0 aliphatic heterocycles. The van der Waals surface area contributed by atoms with Crippen molar-refractivity contribution in [3.8, 4) is 0 Å². The highest BCUT2D eigenvalue weighted by Crippen LogP contribution is 2.47. The van der Waals surface area contributed by atoms with Crippen molar-refractivity contribution >= 4 is 45.6 Å². The van der Waals surface area contributed by atoms with Crippen LogP contribution in [0.25, 0.3) is 10.2 Å². The molecule has 0 saturated heterocycles. The van der Waals surface area contributed by atoms with E-state index in [2.05, 4.69) is 10.3 Å². The van der Waals surface area contributed by atoms with Gasteiger partial charge in [0.05, 0.1) is 21.6 Å². The molecule has 21 heavy (non-hydrogen) atoms. The number of anilines is 1. The van der Waals surface area contributed by atoms with E-state index >= 15 is 0 Å². The molecule has 2 fully saturated rings. The molecule has 2 aliphatic carbocycles. The Morgan fingerprint density at radius 3 is 2.90 bits per heavy atom. The van der Waals surface area contributed by atoms with Crippen LogP contribution in [0.1, 0.15) is 19.3 Å². The minimum Gasteiger partial charge on any atom is -0.327 e. The highest BCUT2D eigenvalue weighted by molar-refractivity contribution is 7.16. The summed E-state index contributed by atoms with van der Waals surface area (Å²) in [6.07, 6.45) is 3.49. The number of rotatable bonds is 2. The van der Waals surface area contributed by atoms with Gasteiger partial charge in [-0.2, -0.15) is 0 Å². The third kappa shape index (κ3) is 2.43. The Morgan fingerprint density at radius 1 is 1.33 bits per heavy atom. The van der Waals surface area contributed by atoms with Crippen LogP contribution < -0.4 is 11.1 Å². The van der Waals surface area contributed by atoms with E-state index in [1.807, 2.05) is 23.7 Å². The van der Waals surface area contributed by atoms with Crippen molar-refractivity contribution in [3.05, 3.63) is 23.7 Å². The highest BCUT2D eigenvalue weighted by atomic mass is 35.5. The Hall–Kier alpha value is -1.17. The number of carbonyl (C=O) groups is 1. The first-order valence-corrected chi connectivity index (χ1v) is 8.00. The molecule has 1 aromatic heterocycles. The van der Waals surface area contributed by atoms with Gasteiger partial charge in [-0.05, 0) is 49.3 Å². The number of fused-ring (bicyclic) bond motifs is 3. The van der Waals surface area contributed by atoms with Gasteiger partial charge in [0, 0.05) is 11.7 Å². The van der Waals surface area contributed by atoms with Gasteiger partial charge in [-0.1, -0.05) is 0 Å². The average Bonchev–Trinajstić information content (AvgIpc) is 3.12. The van der Waals surface area contributed by atoms with E-state index in [-0.39, 0.29) is 30.3 Å². The fourth-order valence-corrected chi connectivity index (χ4v) is 4.60. The van der Waals surface area contributed by atoms with Crippen molar-refractivity contribution in [2.24, 2.45) is 23.5 Å². The highest BCUT2D eigenvalue weighted by Gasteiger charge is 2.49. The van der Waals surface area contributed by atoms with Crippen molar-refractivity contribution < 1.29 is 4.79 Å². The molecule has 1 amide bonds. The summed E-state index contributed by atoms with van der Waals surface area (Å²) in [5.74, 6) is 1.13. The summed E-state index contributed by atoms with van der Waals surface area (Å²) in [6, 6.07) is 5.89. The minimum absolute atomic E-state index is 0. The van der Waals surface area contributed by atoms with Gasteiger partial charge in [-0.3, -0.25) is 4.79 Å². The molecule has 4 rings (SSSR count). The molecule has 6 heteroatoms. The zero-order valence-corrected chi connectivity index (χ0v) is 13.1. The lowest BCUT2D eigenvalue weighted by atomic mass is 9.84. The summed E-state index contributed by atoms with van der Waals surface area (Å²) in [5.41, 5.74) is 9.87. The van der Waals surface area contributed by atoms with E-state index in [4.69, 9.17) is 5.73 Å². The quantitative estimate of drug-likeness (QED) is 0.892. The van der Waals surface area contributed by atoms with Crippen LogP contribution in [0.2, 0.25) is 0 Å². The second kappa shape index (κ2) is 5.55. The van der Waals surface area contributed by atoms with E-state index in [0.29, 0.717) is 11.8 Å². The van der Waals surface area contributed by atoms with Crippen LogP contribution in [0.4, 0.5) is 5.69 Å². The van der Waals surface area contributed by atoms with E-state index in [1.54, 1.807) is 11.3 Å². The zero-order chi connectivity index (χ0) is 13.7. The fourth-order valence-electron chi connectivity index (χ4n) is 3.88. The van der Waals surface area contributed by atoms with Crippen LogP contribution in [-0.2, 0) is 4.79 Å². The Kier molecular flexibility index (Phi) is 3.90. The Labute approximate surface area is 133 Å². The Bertz CT molecular complexity index is 672. The molecule has 1 aromatic carbocycles. The molecule has 112 valence electrons. The molecular formula is C15H18ClN3OS. The zero-order valence-electron chi connectivity index (χ0n) is 11.5. The predicted molar refractivity (Wildman–Crippen MR) is 87.8 cm³/mol. The number of carbonyl (C=O) groups excluding carboxylic acids is 1. The van der Waals surface area contributed by atoms with Gasteiger partial charge in [-0.25, -0.2) is 4.98 Å². The van der Waals surface area contributed by atoms with Crippen LogP contribution in [-0.4, -0.2) is 16.9 Å². The monoisotopic (exact) mass is 323 g/mol. The van der Waals surface area contributed by atoms with Crippen molar-refractivity contribution in [1.29, 1.82) is 0 Å². The average molecular weight is 324 g/mol. The Balaban J connectivity index is 0.00000132. The van der Waals surface area contributed by atoms with E-state index in [9.17, 15) is 4.79 Å². The van der Waals surface area contributed by atoms with E-state index in [0.717, 1.165) is 28.7 Å². The first kappa shape index (κ1) is 14.8. The number of amides is 1. The van der Waals surface area contributed by atoms with Gasteiger partial charge >= 0.3 is 0 Å². The summed E-state index contributed by atoms with van der Waals surface area (Å²) < 4.78 is 1.10. The predicted octanol–water partition coefficient (Wildman–Crippen LogP) is 3.03. The number of nitrogens with two attached hydrogens (primary N) is 1. The number of thiazole rings is 1. The lowest BCUT2D eigenvalue weighted by Crippen LogP contribution is -2.42. The third-order valence-corrected chi connectivity index (χ3v) is 5.67. The van der Waals surface area contributed by atoms with Crippen LogP contribution in [0, 0.1) is 17.8 Å². The second-order valence-electron chi connectivity index (χ2n) is 5.96. The molecule has 2 aromatic rings. The number of nitrogens with one attached hydrogen (secondary N) is 1. The van der Waals surface area contributed by atoms with Gasteiger partial charge in [0.25, 0.3) is 0 Å². The minimum atomic E-state index is -0.00842. The standard InChI is InChI=1S/C15H17N3OS.ClH/c16-14-9-2-1-8(5-9)13(14)15(19)18-10-3-4-11-12(6-10)20-7-17-11;/h3-4,6-9,13-14H,1-2,5,16H2,(H,18,19);1H. The molecule has 4 atom stereocenters. The second-order valence-corrected chi connectivity index (χ2v) is 6.85. The summed E-state index contributed by atoms with van der Waals surface area (Å²) in [5, 5.41) is 3.04. The number of nitrogens with zero attached hydrogens (tertiary/aromatic N) is 1. The normalized spacial score (nSPS) is 30.3. The number of aromatic nitrogens is 1. The van der Waals surface area contributed by atoms with Crippen LogP contribution in [0.3, 0.4) is 0 Å². The molecule has 0 spiro atoms. The van der Waals surface area contributed by atoms with Crippen LogP contribution in [0.5, 0.6) is 0 Å². The third-order valence-electron chi connectivity index (χ3n) is 4.88. The summed E-state index contributed by atoms with van der Waals surface area (Å²) in [4.78, 5) is 16.7. The van der Waals surface area contributed by atoms with Gasteiger partial charge in [0.2, 0.25) is 5.91 Å². The SMILES string of the molecule is Cl.NC1C2CCC(C2)C1C(=O)Nc1ccc2ncsc2c1. The lowest BCUT2D eigenvalue weighted by Gasteiger charge is -2.27. The molecule has 3 N–H and O–H groups in total. The molecule has 1 heterocycles. The first-order valence-electron chi connectivity index (χ1n) is 7.12. The maximum absolute atomic E-state index is 12.5. The van der Waals surface area contributed by atoms with Crippen LogP contribution >= 0.6 is 23.7 Å². The van der Waals surface area contributed by atoms with Gasteiger partial charge in [0.1, 0.15) is 0 Å².